The van der Waals surface area contributed by atoms with E-state index in [4.69, 9.17) is 4.74 Å². The second kappa shape index (κ2) is 8.66. The predicted molar refractivity (Wildman–Crippen MR) is 107 cm³/mol. The zero-order valence-electron chi connectivity index (χ0n) is 18.2. The van der Waals surface area contributed by atoms with E-state index in [-0.39, 0.29) is 17.5 Å². The minimum Gasteiger partial charge on any atom is -0.444 e. The lowest BCUT2D eigenvalue weighted by atomic mass is 9.90. The number of aliphatic hydroxyl groups excluding tert-OH is 1. The number of aliphatic hydroxyl groups is 1. The summed E-state index contributed by atoms with van der Waals surface area (Å²) in [6.07, 6.45) is -10.4. The van der Waals surface area contributed by atoms with Crippen molar-refractivity contribution in [1.82, 2.24) is 9.88 Å². The lowest BCUT2D eigenvalue weighted by molar-refractivity contribution is -0.142. The van der Waals surface area contributed by atoms with Gasteiger partial charge in [-0.2, -0.15) is 26.3 Å². The molecular formula is C22H24F6N2O3. The van der Waals surface area contributed by atoms with Gasteiger partial charge in [-0.25, -0.2) is 9.78 Å². The lowest BCUT2D eigenvalue weighted by Crippen LogP contribution is -2.48. The van der Waals surface area contributed by atoms with Gasteiger partial charge in [0, 0.05) is 11.9 Å². The van der Waals surface area contributed by atoms with Gasteiger partial charge >= 0.3 is 18.4 Å². The second-order valence-corrected chi connectivity index (χ2v) is 8.97. The van der Waals surface area contributed by atoms with Crippen LogP contribution in [0.3, 0.4) is 0 Å². The van der Waals surface area contributed by atoms with Crippen LogP contribution in [0.25, 0.3) is 10.9 Å². The van der Waals surface area contributed by atoms with Crippen LogP contribution in [0.4, 0.5) is 31.1 Å². The number of benzene rings is 1. The number of halogens is 6. The van der Waals surface area contributed by atoms with Gasteiger partial charge in [-0.3, -0.25) is 0 Å². The summed E-state index contributed by atoms with van der Waals surface area (Å²) in [6.45, 7) is 5.29. The second-order valence-electron chi connectivity index (χ2n) is 8.97. The molecule has 1 aliphatic heterocycles. The molecule has 1 fully saturated rings. The number of nitrogens with zero attached hydrogens (tertiary/aromatic N) is 2. The number of hydrogen-bond acceptors (Lipinski definition) is 4. The van der Waals surface area contributed by atoms with Crippen molar-refractivity contribution in [2.24, 2.45) is 0 Å². The maximum atomic E-state index is 13.5. The van der Waals surface area contributed by atoms with E-state index in [1.165, 1.54) is 4.90 Å². The van der Waals surface area contributed by atoms with Crippen LogP contribution in [-0.2, 0) is 17.1 Å². The van der Waals surface area contributed by atoms with Gasteiger partial charge in [0.1, 0.15) is 17.4 Å². The molecule has 1 amide bonds. The summed E-state index contributed by atoms with van der Waals surface area (Å²) < 4.78 is 85.3. The van der Waals surface area contributed by atoms with Gasteiger partial charge in [-0.05, 0) is 57.7 Å². The summed E-state index contributed by atoms with van der Waals surface area (Å²) in [7, 11) is 0. The number of amides is 1. The van der Waals surface area contributed by atoms with Gasteiger partial charge < -0.3 is 14.7 Å². The molecule has 0 bridgehead atoms. The fraction of sp³-hybridized carbons (Fsp3) is 0.545. The first-order chi connectivity index (χ1) is 15.1. The Morgan fingerprint density at radius 3 is 2.30 bits per heavy atom. The Hall–Kier alpha value is -2.56. The highest BCUT2D eigenvalue weighted by Gasteiger charge is 2.40. The van der Waals surface area contributed by atoms with Crippen LogP contribution < -0.4 is 0 Å². The average Bonchev–Trinajstić information content (AvgIpc) is 2.69. The van der Waals surface area contributed by atoms with Gasteiger partial charge in [0.25, 0.3) is 0 Å². The molecule has 1 N–H and O–H groups in total. The Labute approximate surface area is 186 Å². The van der Waals surface area contributed by atoms with Crippen LogP contribution in [0.5, 0.6) is 0 Å². The highest BCUT2D eigenvalue weighted by molar-refractivity contribution is 5.86. The van der Waals surface area contributed by atoms with E-state index in [1.807, 2.05) is 0 Å². The highest BCUT2D eigenvalue weighted by atomic mass is 19.4. The molecule has 0 aliphatic carbocycles. The molecule has 0 spiro atoms. The number of fused-ring (bicyclic) bond motifs is 1. The van der Waals surface area contributed by atoms with Crippen molar-refractivity contribution >= 4 is 17.0 Å². The maximum Gasteiger partial charge on any atom is 0.433 e. The first-order valence-electron chi connectivity index (χ1n) is 10.4. The first-order valence-corrected chi connectivity index (χ1v) is 10.4. The molecule has 33 heavy (non-hydrogen) atoms. The van der Waals surface area contributed by atoms with Crippen LogP contribution in [0.2, 0.25) is 0 Å². The lowest BCUT2D eigenvalue weighted by Gasteiger charge is -2.39. The molecule has 1 aromatic heterocycles. The third kappa shape index (κ3) is 5.51. The highest BCUT2D eigenvalue weighted by Crippen LogP contribution is 2.40. The van der Waals surface area contributed by atoms with E-state index in [0.717, 1.165) is 12.1 Å². The number of pyridine rings is 1. The molecule has 11 heteroatoms. The number of carbonyl (C=O) groups is 1. The Kier molecular flexibility index (Phi) is 6.58. The largest absolute Gasteiger partial charge is 0.444 e. The van der Waals surface area contributed by atoms with Crippen molar-refractivity contribution in [3.05, 3.63) is 41.1 Å². The van der Waals surface area contributed by atoms with Crippen molar-refractivity contribution in [2.75, 3.05) is 6.54 Å². The van der Waals surface area contributed by atoms with Crippen molar-refractivity contribution < 1.29 is 41.0 Å². The Morgan fingerprint density at radius 2 is 1.73 bits per heavy atom. The molecule has 1 saturated heterocycles. The van der Waals surface area contributed by atoms with Gasteiger partial charge in [0.2, 0.25) is 0 Å². The Morgan fingerprint density at radius 1 is 1.06 bits per heavy atom. The molecule has 2 atom stereocenters. The molecule has 1 aromatic carbocycles. The van der Waals surface area contributed by atoms with Crippen LogP contribution in [0.15, 0.2) is 24.3 Å². The standard InChI is InChI=1S/C22H24F6N2O3/c1-20(2,3)33-19(32)30-11-5-4-6-15(30)18(31)13-7-9-14(21(23,24)25)17-12(13)8-10-16(29-17)22(26,27)28/h7-10,15,18,31H,4-6,11H2,1-3H3. The van der Waals surface area contributed by atoms with Crippen LogP contribution >= 0.6 is 0 Å². The molecule has 2 unspecified atom stereocenters. The van der Waals surface area contributed by atoms with Crippen molar-refractivity contribution in [3.8, 4) is 0 Å². The van der Waals surface area contributed by atoms with Crippen molar-refractivity contribution in [3.63, 3.8) is 0 Å². The van der Waals surface area contributed by atoms with E-state index < -0.39 is 53.0 Å². The smallest absolute Gasteiger partial charge is 0.433 e. The average molecular weight is 478 g/mol. The number of alkyl halides is 6. The molecule has 2 aromatic rings. The van der Waals surface area contributed by atoms with Crippen LogP contribution in [0.1, 0.15) is 63.0 Å². The molecule has 2 heterocycles. The first kappa shape index (κ1) is 25.1. The fourth-order valence-corrected chi connectivity index (χ4v) is 3.92. The van der Waals surface area contributed by atoms with Crippen molar-refractivity contribution in [2.45, 2.75) is 70.1 Å². The number of ether oxygens (including phenoxy) is 1. The number of hydrogen-bond donors (Lipinski definition) is 1. The third-order valence-corrected chi connectivity index (χ3v) is 5.35. The van der Waals surface area contributed by atoms with E-state index >= 15 is 0 Å². The number of carbonyl (C=O) groups excluding carboxylic acids is 1. The minimum absolute atomic E-state index is 0.0420. The SMILES string of the molecule is CC(C)(C)OC(=O)N1CCCCC1C(O)c1ccc(C(F)(F)F)c2nc(C(F)(F)F)ccc12. The van der Waals surface area contributed by atoms with Crippen molar-refractivity contribution in [1.29, 1.82) is 0 Å². The summed E-state index contributed by atoms with van der Waals surface area (Å²) in [5, 5.41) is 10.8. The maximum absolute atomic E-state index is 13.5. The van der Waals surface area contributed by atoms with Gasteiger partial charge in [-0.1, -0.05) is 12.1 Å². The normalized spacial score (nSPS) is 19.0. The molecule has 0 saturated carbocycles. The molecular weight excluding hydrogens is 454 g/mol. The Bertz CT molecular complexity index is 1030. The summed E-state index contributed by atoms with van der Waals surface area (Å²) in [4.78, 5) is 17.2. The summed E-state index contributed by atoms with van der Waals surface area (Å²) in [5.41, 5.74) is -4.57. The number of aromatic nitrogens is 1. The van der Waals surface area contributed by atoms with Crippen LogP contribution in [0, 0.1) is 0 Å². The van der Waals surface area contributed by atoms with Crippen LogP contribution in [-0.4, -0.2) is 39.3 Å². The number of likely N-dealkylation sites (tertiary alicyclic amines) is 1. The van der Waals surface area contributed by atoms with Gasteiger partial charge in [0.05, 0.1) is 17.1 Å². The van der Waals surface area contributed by atoms with E-state index in [0.29, 0.717) is 31.4 Å². The molecule has 0 radical (unpaired) electrons. The van der Waals surface area contributed by atoms with Gasteiger partial charge in [0.15, 0.2) is 0 Å². The fourth-order valence-electron chi connectivity index (χ4n) is 3.92. The molecule has 182 valence electrons. The third-order valence-electron chi connectivity index (χ3n) is 5.35. The molecule has 5 nitrogen and oxygen atoms in total. The van der Waals surface area contributed by atoms with E-state index in [2.05, 4.69) is 4.98 Å². The zero-order valence-corrected chi connectivity index (χ0v) is 18.2. The van der Waals surface area contributed by atoms with E-state index in [9.17, 15) is 36.2 Å². The zero-order chi connectivity index (χ0) is 24.8. The number of piperidine rings is 1. The van der Waals surface area contributed by atoms with E-state index in [1.54, 1.807) is 20.8 Å². The number of rotatable bonds is 2. The van der Waals surface area contributed by atoms with Gasteiger partial charge in [-0.15, -0.1) is 0 Å². The summed E-state index contributed by atoms with van der Waals surface area (Å²) in [5.74, 6) is 0. The quantitative estimate of drug-likeness (QED) is 0.531. The summed E-state index contributed by atoms with van der Waals surface area (Å²) >= 11 is 0. The predicted octanol–water partition coefficient (Wildman–Crippen LogP) is 6.10. The Balaban J connectivity index is 2.09. The topological polar surface area (TPSA) is 62.7 Å². The molecule has 1 aliphatic rings. The summed E-state index contributed by atoms with van der Waals surface area (Å²) in [6, 6.07) is 2.25. The molecule has 3 rings (SSSR count). The minimum atomic E-state index is -4.95. The monoisotopic (exact) mass is 478 g/mol.